The van der Waals surface area contributed by atoms with Crippen LogP contribution in [0.2, 0.25) is 0 Å². The Labute approximate surface area is 110 Å². The fraction of sp³-hybridized carbons (Fsp3) is 0.846. The molecule has 0 saturated carbocycles. The lowest BCUT2D eigenvalue weighted by Gasteiger charge is -2.34. The first kappa shape index (κ1) is 14.0. The first-order valence-corrected chi connectivity index (χ1v) is 8.77. The van der Waals surface area contributed by atoms with Crippen LogP contribution in [0.15, 0.2) is 12.2 Å². The molecule has 1 saturated heterocycles. The van der Waals surface area contributed by atoms with Gasteiger partial charge in [0.2, 0.25) is 10.0 Å². The van der Waals surface area contributed by atoms with Gasteiger partial charge in [0.25, 0.3) is 0 Å². The largest absolute Gasteiger partial charge is 0.303 e. The number of rotatable bonds is 4. The van der Waals surface area contributed by atoms with Crippen molar-refractivity contribution >= 4 is 10.0 Å². The van der Waals surface area contributed by atoms with Crippen molar-refractivity contribution in [2.45, 2.75) is 38.1 Å². The van der Waals surface area contributed by atoms with E-state index in [2.05, 4.69) is 21.8 Å². The lowest BCUT2D eigenvalue weighted by molar-refractivity contribution is 0.174. The number of likely N-dealkylation sites (tertiary alicyclic amines) is 1. The fourth-order valence-corrected chi connectivity index (χ4v) is 3.76. The van der Waals surface area contributed by atoms with Gasteiger partial charge in [0, 0.05) is 12.6 Å². The van der Waals surface area contributed by atoms with E-state index < -0.39 is 10.0 Å². The molecule has 0 unspecified atom stereocenters. The summed E-state index contributed by atoms with van der Waals surface area (Å²) in [6.45, 7) is 3.22. The van der Waals surface area contributed by atoms with Gasteiger partial charge in [-0.1, -0.05) is 12.2 Å². The monoisotopic (exact) mass is 272 g/mol. The Bertz CT molecular complexity index is 384. The molecule has 0 spiro atoms. The van der Waals surface area contributed by atoms with Crippen molar-refractivity contribution in [1.82, 2.24) is 9.62 Å². The van der Waals surface area contributed by atoms with Gasteiger partial charge in [-0.2, -0.15) is 0 Å². The molecule has 1 aliphatic carbocycles. The summed E-state index contributed by atoms with van der Waals surface area (Å²) in [5, 5.41) is 0. The maximum Gasteiger partial charge on any atom is 0.208 e. The van der Waals surface area contributed by atoms with Crippen LogP contribution in [0.5, 0.6) is 0 Å². The molecule has 0 radical (unpaired) electrons. The van der Waals surface area contributed by atoms with Crippen LogP contribution in [0.4, 0.5) is 0 Å². The molecule has 4 nitrogen and oxygen atoms in total. The zero-order valence-corrected chi connectivity index (χ0v) is 12.0. The average Bonchev–Trinajstić information content (AvgIpc) is 2.31. The van der Waals surface area contributed by atoms with Crippen molar-refractivity contribution in [3.63, 3.8) is 0 Å². The minimum absolute atomic E-state index is 0.141. The second-order valence-corrected chi connectivity index (χ2v) is 7.40. The van der Waals surface area contributed by atoms with Crippen molar-refractivity contribution in [3.05, 3.63) is 12.2 Å². The minimum Gasteiger partial charge on any atom is -0.303 e. The van der Waals surface area contributed by atoms with Gasteiger partial charge >= 0.3 is 0 Å². The highest BCUT2D eigenvalue weighted by molar-refractivity contribution is 7.88. The summed E-state index contributed by atoms with van der Waals surface area (Å²) in [5.74, 6) is 0.800. The van der Waals surface area contributed by atoms with Crippen LogP contribution in [0.25, 0.3) is 0 Å². The van der Waals surface area contributed by atoms with Crippen LogP contribution in [-0.2, 0) is 10.0 Å². The van der Waals surface area contributed by atoms with Gasteiger partial charge in [-0.15, -0.1) is 0 Å². The van der Waals surface area contributed by atoms with Crippen LogP contribution >= 0.6 is 0 Å². The third kappa shape index (κ3) is 4.71. The van der Waals surface area contributed by atoms with Gasteiger partial charge in [-0.05, 0) is 51.1 Å². The van der Waals surface area contributed by atoms with E-state index in [1.807, 2.05) is 0 Å². The van der Waals surface area contributed by atoms with Crippen molar-refractivity contribution in [2.75, 3.05) is 25.9 Å². The first-order chi connectivity index (χ1) is 8.53. The maximum atomic E-state index is 11.2. The van der Waals surface area contributed by atoms with Crippen molar-refractivity contribution < 1.29 is 8.42 Å². The third-order valence-electron chi connectivity index (χ3n) is 3.86. The average molecular weight is 272 g/mol. The quantitative estimate of drug-likeness (QED) is 0.786. The molecule has 0 bridgehead atoms. The Morgan fingerprint density at radius 1 is 1.22 bits per heavy atom. The smallest absolute Gasteiger partial charge is 0.208 e. The van der Waals surface area contributed by atoms with E-state index >= 15 is 0 Å². The molecule has 1 N–H and O–H groups in total. The molecule has 0 amide bonds. The van der Waals surface area contributed by atoms with E-state index in [-0.39, 0.29) is 6.04 Å². The van der Waals surface area contributed by atoms with Gasteiger partial charge in [0.1, 0.15) is 0 Å². The molecule has 0 aromatic rings. The summed E-state index contributed by atoms with van der Waals surface area (Å²) in [7, 11) is -3.05. The topological polar surface area (TPSA) is 49.4 Å². The second kappa shape index (κ2) is 6.17. The molecule has 1 fully saturated rings. The summed E-state index contributed by atoms with van der Waals surface area (Å²) in [6, 6.07) is 0.141. The zero-order chi connectivity index (χ0) is 13.0. The van der Waals surface area contributed by atoms with E-state index in [0.29, 0.717) is 0 Å². The molecule has 2 rings (SSSR count). The van der Waals surface area contributed by atoms with Gasteiger partial charge in [-0.3, -0.25) is 0 Å². The number of piperidine rings is 1. The van der Waals surface area contributed by atoms with E-state index in [9.17, 15) is 8.42 Å². The summed E-state index contributed by atoms with van der Waals surface area (Å²) in [5.41, 5.74) is 0. The molecular formula is C13H24N2O2S. The highest BCUT2D eigenvalue weighted by Crippen LogP contribution is 2.21. The van der Waals surface area contributed by atoms with Crippen molar-refractivity contribution in [2.24, 2.45) is 5.92 Å². The van der Waals surface area contributed by atoms with Gasteiger partial charge in [-0.25, -0.2) is 13.1 Å². The fourth-order valence-electron chi connectivity index (χ4n) is 2.92. The van der Waals surface area contributed by atoms with E-state index in [1.165, 1.54) is 32.1 Å². The molecular weight excluding hydrogens is 248 g/mol. The highest BCUT2D eigenvalue weighted by Gasteiger charge is 2.23. The SMILES string of the molecule is CS(=O)(=O)NC1CCN(C[C@@H]2CC=CCC2)CC1. The van der Waals surface area contributed by atoms with E-state index in [4.69, 9.17) is 0 Å². The molecule has 2 aliphatic rings. The van der Waals surface area contributed by atoms with Crippen LogP contribution in [0.3, 0.4) is 0 Å². The highest BCUT2D eigenvalue weighted by atomic mass is 32.2. The molecule has 1 atom stereocenters. The van der Waals surface area contributed by atoms with Crippen LogP contribution in [-0.4, -0.2) is 45.2 Å². The van der Waals surface area contributed by atoms with Crippen molar-refractivity contribution in [3.8, 4) is 0 Å². The molecule has 18 heavy (non-hydrogen) atoms. The summed E-state index contributed by atoms with van der Waals surface area (Å²) in [4.78, 5) is 2.49. The molecule has 1 heterocycles. The summed E-state index contributed by atoms with van der Waals surface area (Å²) in [6.07, 6.45) is 11.4. The molecule has 104 valence electrons. The van der Waals surface area contributed by atoms with Crippen LogP contribution in [0.1, 0.15) is 32.1 Å². The summed E-state index contributed by atoms with van der Waals surface area (Å²) >= 11 is 0. The molecule has 0 aromatic heterocycles. The lowest BCUT2D eigenvalue weighted by atomic mass is 9.93. The Balaban J connectivity index is 1.71. The van der Waals surface area contributed by atoms with Gasteiger partial charge in [0.15, 0.2) is 0 Å². The maximum absolute atomic E-state index is 11.2. The number of nitrogens with one attached hydrogen (secondary N) is 1. The number of hydrogen-bond donors (Lipinski definition) is 1. The number of sulfonamides is 1. The van der Waals surface area contributed by atoms with Gasteiger partial charge < -0.3 is 4.90 Å². The van der Waals surface area contributed by atoms with E-state index in [0.717, 1.165) is 31.8 Å². The Morgan fingerprint density at radius 2 is 1.94 bits per heavy atom. The van der Waals surface area contributed by atoms with Gasteiger partial charge in [0.05, 0.1) is 6.26 Å². The summed E-state index contributed by atoms with van der Waals surface area (Å²) < 4.78 is 25.0. The zero-order valence-electron chi connectivity index (χ0n) is 11.1. The number of nitrogens with zero attached hydrogens (tertiary/aromatic N) is 1. The lowest BCUT2D eigenvalue weighted by Crippen LogP contribution is -2.45. The number of allylic oxidation sites excluding steroid dienone is 2. The number of hydrogen-bond acceptors (Lipinski definition) is 3. The first-order valence-electron chi connectivity index (χ1n) is 6.87. The molecule has 5 heteroatoms. The Kier molecular flexibility index (Phi) is 4.81. The predicted molar refractivity (Wildman–Crippen MR) is 73.9 cm³/mol. The molecule has 1 aliphatic heterocycles. The standard InChI is InChI=1S/C13H24N2O2S/c1-18(16,17)14-13-7-9-15(10-8-13)11-12-5-3-2-4-6-12/h2-3,12-14H,4-11H2,1H3/t12-/m1/s1. The van der Waals surface area contributed by atoms with E-state index in [1.54, 1.807) is 0 Å². The van der Waals surface area contributed by atoms with Crippen LogP contribution in [0, 0.1) is 5.92 Å². The normalized spacial score (nSPS) is 27.5. The third-order valence-corrected chi connectivity index (χ3v) is 4.62. The minimum atomic E-state index is -3.05. The second-order valence-electron chi connectivity index (χ2n) is 5.62. The Hall–Kier alpha value is -0.390. The Morgan fingerprint density at radius 3 is 2.50 bits per heavy atom. The van der Waals surface area contributed by atoms with Crippen LogP contribution < -0.4 is 4.72 Å². The van der Waals surface area contributed by atoms with Crippen molar-refractivity contribution in [1.29, 1.82) is 0 Å². The molecule has 0 aromatic carbocycles. The predicted octanol–water partition coefficient (Wildman–Crippen LogP) is 1.36.